The molecule has 0 bridgehead atoms. The third kappa shape index (κ3) is 4.06. The first-order valence-electron chi connectivity index (χ1n) is 5.85. The average molecular weight is 280 g/mol. The van der Waals surface area contributed by atoms with Gasteiger partial charge in [0.2, 0.25) is 0 Å². The lowest BCUT2D eigenvalue weighted by Gasteiger charge is -2.11. The maximum Gasteiger partial charge on any atom is 0.334 e. The van der Waals surface area contributed by atoms with Gasteiger partial charge in [-0.2, -0.15) is 0 Å². The molecule has 3 N–H and O–H groups in total. The molecule has 0 saturated heterocycles. The molecule has 20 heavy (non-hydrogen) atoms. The number of amides is 2. The highest BCUT2D eigenvalue weighted by Gasteiger charge is 2.18. The monoisotopic (exact) mass is 280 g/mol. The molecule has 0 aliphatic carbocycles. The molecule has 7 nitrogen and oxygen atoms in total. The Morgan fingerprint density at radius 3 is 2.35 bits per heavy atom. The topological polar surface area (TPSA) is 105 Å². The highest BCUT2D eigenvalue weighted by molar-refractivity contribution is 5.99. The standard InChI is InChI=1S/C13H16N2O5/c1-14-11(16)8-4-3-5-9(6-8)12(17)15-7-10(20-2)13(18)19/h3-6,10H,7H2,1-2H3,(H,14,16)(H,15,17)(H,18,19). The van der Waals surface area contributed by atoms with Crippen LogP contribution < -0.4 is 10.6 Å². The van der Waals surface area contributed by atoms with Crippen molar-refractivity contribution >= 4 is 17.8 Å². The first-order chi connectivity index (χ1) is 9.49. The van der Waals surface area contributed by atoms with Gasteiger partial charge in [0, 0.05) is 25.3 Å². The van der Waals surface area contributed by atoms with E-state index in [1.165, 1.54) is 26.3 Å². The van der Waals surface area contributed by atoms with Gasteiger partial charge in [0.1, 0.15) is 0 Å². The zero-order chi connectivity index (χ0) is 15.1. The van der Waals surface area contributed by atoms with Gasteiger partial charge in [0.25, 0.3) is 11.8 Å². The molecule has 0 fully saturated rings. The molecule has 0 radical (unpaired) electrons. The number of nitrogens with one attached hydrogen (secondary N) is 2. The lowest BCUT2D eigenvalue weighted by Crippen LogP contribution is -2.37. The minimum Gasteiger partial charge on any atom is -0.479 e. The van der Waals surface area contributed by atoms with Crippen molar-refractivity contribution in [2.75, 3.05) is 20.7 Å². The van der Waals surface area contributed by atoms with E-state index in [1.54, 1.807) is 12.1 Å². The first kappa shape index (κ1) is 15.6. The molecule has 2 amide bonds. The van der Waals surface area contributed by atoms with E-state index >= 15 is 0 Å². The highest BCUT2D eigenvalue weighted by atomic mass is 16.5. The largest absolute Gasteiger partial charge is 0.479 e. The van der Waals surface area contributed by atoms with Gasteiger partial charge >= 0.3 is 5.97 Å². The summed E-state index contributed by atoms with van der Waals surface area (Å²) in [7, 11) is 2.74. The summed E-state index contributed by atoms with van der Waals surface area (Å²) in [5.41, 5.74) is 0.619. The van der Waals surface area contributed by atoms with E-state index in [4.69, 9.17) is 9.84 Å². The van der Waals surface area contributed by atoms with Crippen molar-refractivity contribution in [2.45, 2.75) is 6.10 Å². The summed E-state index contributed by atoms with van der Waals surface area (Å²) < 4.78 is 4.70. The quantitative estimate of drug-likeness (QED) is 0.673. The predicted molar refractivity (Wildman–Crippen MR) is 70.6 cm³/mol. The maximum atomic E-state index is 11.9. The Morgan fingerprint density at radius 2 is 1.85 bits per heavy atom. The van der Waals surface area contributed by atoms with E-state index in [1.807, 2.05) is 0 Å². The van der Waals surface area contributed by atoms with Gasteiger partial charge in [0.05, 0.1) is 6.54 Å². The molecule has 1 aromatic carbocycles. The molecule has 1 rings (SSSR count). The average Bonchev–Trinajstić information content (AvgIpc) is 2.46. The van der Waals surface area contributed by atoms with Crippen LogP contribution in [-0.2, 0) is 9.53 Å². The SMILES string of the molecule is CNC(=O)c1cccc(C(=O)NCC(OC)C(=O)O)c1. The Hall–Kier alpha value is -2.41. The number of methoxy groups -OCH3 is 1. The lowest BCUT2D eigenvalue weighted by atomic mass is 10.1. The molecule has 1 atom stereocenters. The van der Waals surface area contributed by atoms with E-state index in [-0.39, 0.29) is 18.0 Å². The van der Waals surface area contributed by atoms with Crippen LogP contribution in [0.15, 0.2) is 24.3 Å². The number of rotatable bonds is 6. The van der Waals surface area contributed by atoms with Crippen LogP contribution in [0.5, 0.6) is 0 Å². The highest BCUT2D eigenvalue weighted by Crippen LogP contribution is 2.05. The normalized spacial score (nSPS) is 11.5. The molecular formula is C13H16N2O5. The van der Waals surface area contributed by atoms with Crippen molar-refractivity contribution in [1.82, 2.24) is 10.6 Å². The first-order valence-corrected chi connectivity index (χ1v) is 5.85. The second-order valence-corrected chi connectivity index (χ2v) is 3.93. The Kier molecular flexibility index (Phi) is 5.67. The van der Waals surface area contributed by atoms with Crippen molar-refractivity contribution in [2.24, 2.45) is 0 Å². The van der Waals surface area contributed by atoms with E-state index in [9.17, 15) is 14.4 Å². The molecule has 0 aliphatic rings. The Morgan fingerprint density at radius 1 is 1.25 bits per heavy atom. The van der Waals surface area contributed by atoms with E-state index in [0.717, 1.165) is 0 Å². The summed E-state index contributed by atoms with van der Waals surface area (Å²) in [6.45, 7) is -0.158. The number of hydrogen-bond donors (Lipinski definition) is 3. The fourth-order valence-corrected chi connectivity index (χ4v) is 1.50. The molecule has 0 spiro atoms. The summed E-state index contributed by atoms with van der Waals surface area (Å²) in [6.07, 6.45) is -1.11. The van der Waals surface area contributed by atoms with Crippen LogP contribution >= 0.6 is 0 Å². The number of carboxylic acid groups (broad SMARTS) is 1. The number of carboxylic acids is 1. The smallest absolute Gasteiger partial charge is 0.334 e. The minimum absolute atomic E-state index is 0.158. The molecule has 0 saturated carbocycles. The van der Waals surface area contributed by atoms with Crippen LogP contribution in [0.3, 0.4) is 0 Å². The van der Waals surface area contributed by atoms with Crippen molar-refractivity contribution in [3.63, 3.8) is 0 Å². The van der Waals surface area contributed by atoms with Gasteiger partial charge in [0.15, 0.2) is 6.10 Å². The van der Waals surface area contributed by atoms with Crippen LogP contribution in [-0.4, -0.2) is 49.7 Å². The third-order valence-corrected chi connectivity index (χ3v) is 2.62. The molecule has 0 aliphatic heterocycles. The van der Waals surface area contributed by atoms with Crippen molar-refractivity contribution < 1.29 is 24.2 Å². The number of ether oxygens (including phenoxy) is 1. The molecule has 0 heterocycles. The maximum absolute atomic E-state index is 11.9. The zero-order valence-electron chi connectivity index (χ0n) is 11.2. The van der Waals surface area contributed by atoms with Gasteiger partial charge in [-0.15, -0.1) is 0 Å². The number of carbonyl (C=O) groups excluding carboxylic acids is 2. The van der Waals surface area contributed by atoms with Crippen LogP contribution in [0.2, 0.25) is 0 Å². The van der Waals surface area contributed by atoms with Gasteiger partial charge < -0.3 is 20.5 Å². The van der Waals surface area contributed by atoms with Crippen LogP contribution in [0, 0.1) is 0 Å². The third-order valence-electron chi connectivity index (χ3n) is 2.62. The molecule has 1 aromatic rings. The predicted octanol–water partition coefficient (Wildman–Crippen LogP) is -0.124. The summed E-state index contributed by atoms with van der Waals surface area (Å²) in [6, 6.07) is 6.11. The Balaban J connectivity index is 2.73. The van der Waals surface area contributed by atoms with Gasteiger partial charge in [-0.1, -0.05) is 6.07 Å². The number of benzene rings is 1. The summed E-state index contributed by atoms with van der Waals surface area (Å²) in [5.74, 6) is -1.94. The summed E-state index contributed by atoms with van der Waals surface area (Å²) in [5, 5.41) is 13.7. The number of carbonyl (C=O) groups is 3. The van der Waals surface area contributed by atoms with Crippen molar-refractivity contribution in [3.8, 4) is 0 Å². The Bertz CT molecular complexity index is 515. The van der Waals surface area contributed by atoms with E-state index in [2.05, 4.69) is 10.6 Å². The fraction of sp³-hybridized carbons (Fsp3) is 0.308. The van der Waals surface area contributed by atoms with Gasteiger partial charge in [-0.3, -0.25) is 9.59 Å². The minimum atomic E-state index is -1.16. The molecule has 1 unspecified atom stereocenters. The summed E-state index contributed by atoms with van der Waals surface area (Å²) >= 11 is 0. The van der Waals surface area contributed by atoms with E-state index < -0.39 is 18.0 Å². The fourth-order valence-electron chi connectivity index (χ4n) is 1.50. The van der Waals surface area contributed by atoms with Crippen LogP contribution in [0.1, 0.15) is 20.7 Å². The summed E-state index contributed by atoms with van der Waals surface area (Å²) in [4.78, 5) is 34.0. The second kappa shape index (κ2) is 7.25. The Labute approximate surface area is 115 Å². The van der Waals surface area contributed by atoms with Crippen LogP contribution in [0.4, 0.5) is 0 Å². The number of aliphatic carboxylic acids is 1. The zero-order valence-corrected chi connectivity index (χ0v) is 11.2. The molecule has 7 heteroatoms. The van der Waals surface area contributed by atoms with Crippen LogP contribution in [0.25, 0.3) is 0 Å². The van der Waals surface area contributed by atoms with Gasteiger partial charge in [-0.05, 0) is 18.2 Å². The molecule has 0 aromatic heterocycles. The molecular weight excluding hydrogens is 264 g/mol. The van der Waals surface area contributed by atoms with E-state index in [0.29, 0.717) is 5.56 Å². The van der Waals surface area contributed by atoms with Gasteiger partial charge in [-0.25, -0.2) is 4.79 Å². The lowest BCUT2D eigenvalue weighted by molar-refractivity contribution is -0.148. The second-order valence-electron chi connectivity index (χ2n) is 3.93. The van der Waals surface area contributed by atoms with Crippen molar-refractivity contribution in [3.05, 3.63) is 35.4 Å². The molecule has 108 valence electrons. The number of hydrogen-bond acceptors (Lipinski definition) is 4. The van der Waals surface area contributed by atoms with Crippen molar-refractivity contribution in [1.29, 1.82) is 0 Å².